The van der Waals surface area contributed by atoms with Crippen LogP contribution in [0.4, 0.5) is 4.39 Å². The minimum atomic E-state index is -0.338. The largest absolute Gasteiger partial charge is 0.339 e. The zero-order valence-corrected chi connectivity index (χ0v) is 11.8. The second-order valence-corrected chi connectivity index (χ2v) is 5.04. The van der Waals surface area contributed by atoms with E-state index in [9.17, 15) is 4.39 Å². The summed E-state index contributed by atoms with van der Waals surface area (Å²) in [4.78, 5) is 4.27. The maximum Gasteiger partial charge on any atom is 0.229 e. The fraction of sp³-hybridized carbons (Fsp3) is 0.308. The number of halogens is 2. The van der Waals surface area contributed by atoms with Gasteiger partial charge in [-0.15, -0.1) is 0 Å². The molecule has 0 radical (unpaired) electrons. The molecule has 1 atom stereocenters. The number of nitriles is 1. The van der Waals surface area contributed by atoms with Crippen LogP contribution in [0.2, 0.25) is 0 Å². The Morgan fingerprint density at radius 2 is 2.32 bits per heavy atom. The van der Waals surface area contributed by atoms with Crippen molar-refractivity contribution in [3.8, 4) is 17.5 Å². The SMILES string of the molecule is CC(CCC#N)c1nc(-c2ccc(F)c(Br)c2)no1. The van der Waals surface area contributed by atoms with E-state index in [0.717, 1.165) is 0 Å². The van der Waals surface area contributed by atoms with Crippen molar-refractivity contribution >= 4 is 15.9 Å². The Hall–Kier alpha value is -1.74. The topological polar surface area (TPSA) is 62.7 Å². The highest BCUT2D eigenvalue weighted by molar-refractivity contribution is 9.10. The monoisotopic (exact) mass is 323 g/mol. The highest BCUT2D eigenvalue weighted by atomic mass is 79.9. The van der Waals surface area contributed by atoms with Gasteiger partial charge in [0.15, 0.2) is 0 Å². The molecule has 1 unspecified atom stereocenters. The molecule has 1 heterocycles. The van der Waals surface area contributed by atoms with Crippen LogP contribution in [0.3, 0.4) is 0 Å². The van der Waals surface area contributed by atoms with Crippen molar-refractivity contribution in [2.75, 3.05) is 0 Å². The Morgan fingerprint density at radius 3 is 3.00 bits per heavy atom. The number of nitrogens with zero attached hydrogens (tertiary/aromatic N) is 3. The van der Waals surface area contributed by atoms with Gasteiger partial charge in [0.2, 0.25) is 11.7 Å². The van der Waals surface area contributed by atoms with Crippen LogP contribution in [-0.2, 0) is 0 Å². The lowest BCUT2D eigenvalue weighted by molar-refractivity contribution is 0.355. The van der Waals surface area contributed by atoms with Gasteiger partial charge in [-0.1, -0.05) is 12.1 Å². The van der Waals surface area contributed by atoms with Gasteiger partial charge in [0.05, 0.1) is 10.5 Å². The lowest BCUT2D eigenvalue weighted by Crippen LogP contribution is -1.93. The molecule has 2 aromatic rings. The lowest BCUT2D eigenvalue weighted by Gasteiger charge is -2.01. The van der Waals surface area contributed by atoms with Crippen LogP contribution in [-0.4, -0.2) is 10.1 Å². The average Bonchev–Trinajstić information content (AvgIpc) is 2.89. The predicted molar refractivity (Wildman–Crippen MR) is 70.7 cm³/mol. The molecular weight excluding hydrogens is 313 g/mol. The normalized spacial score (nSPS) is 12.1. The van der Waals surface area contributed by atoms with Gasteiger partial charge in [0, 0.05) is 17.9 Å². The Balaban J connectivity index is 2.21. The van der Waals surface area contributed by atoms with Gasteiger partial charge >= 0.3 is 0 Å². The van der Waals surface area contributed by atoms with Gasteiger partial charge in [0.25, 0.3) is 0 Å². The highest BCUT2D eigenvalue weighted by Crippen LogP contribution is 2.25. The van der Waals surface area contributed by atoms with Crippen molar-refractivity contribution in [3.63, 3.8) is 0 Å². The van der Waals surface area contributed by atoms with Crippen LogP contribution in [0.5, 0.6) is 0 Å². The third-order valence-electron chi connectivity index (χ3n) is 2.73. The van der Waals surface area contributed by atoms with Crippen LogP contribution >= 0.6 is 15.9 Å². The molecule has 0 aliphatic heterocycles. The van der Waals surface area contributed by atoms with E-state index in [1.165, 1.54) is 6.07 Å². The van der Waals surface area contributed by atoms with Crippen molar-refractivity contribution in [2.45, 2.75) is 25.7 Å². The zero-order chi connectivity index (χ0) is 13.8. The molecule has 0 aliphatic carbocycles. The first-order valence-corrected chi connectivity index (χ1v) is 6.57. The fourth-order valence-corrected chi connectivity index (χ4v) is 1.97. The molecule has 0 saturated heterocycles. The highest BCUT2D eigenvalue weighted by Gasteiger charge is 2.15. The Labute approximate surface area is 118 Å². The second-order valence-electron chi connectivity index (χ2n) is 4.18. The number of benzene rings is 1. The Morgan fingerprint density at radius 1 is 1.53 bits per heavy atom. The third-order valence-corrected chi connectivity index (χ3v) is 3.34. The quantitative estimate of drug-likeness (QED) is 0.851. The van der Waals surface area contributed by atoms with E-state index in [1.807, 2.05) is 6.92 Å². The van der Waals surface area contributed by atoms with Crippen molar-refractivity contribution < 1.29 is 8.91 Å². The molecule has 1 aromatic carbocycles. The molecule has 4 nitrogen and oxygen atoms in total. The van der Waals surface area contributed by atoms with E-state index in [2.05, 4.69) is 32.1 Å². The smallest absolute Gasteiger partial charge is 0.229 e. The van der Waals surface area contributed by atoms with Crippen LogP contribution in [0.25, 0.3) is 11.4 Å². The first-order chi connectivity index (χ1) is 9.11. The van der Waals surface area contributed by atoms with Crippen molar-refractivity contribution in [1.82, 2.24) is 10.1 Å². The second kappa shape index (κ2) is 5.93. The molecule has 0 bridgehead atoms. The Bertz CT molecular complexity index is 621. The summed E-state index contributed by atoms with van der Waals surface area (Å²) in [6.45, 7) is 1.93. The van der Waals surface area contributed by atoms with Crippen molar-refractivity contribution in [3.05, 3.63) is 34.4 Å². The van der Waals surface area contributed by atoms with Gasteiger partial charge in [0.1, 0.15) is 5.82 Å². The number of hydrogen-bond donors (Lipinski definition) is 0. The summed E-state index contributed by atoms with van der Waals surface area (Å²) in [6.07, 6.45) is 1.12. The lowest BCUT2D eigenvalue weighted by atomic mass is 10.1. The molecule has 6 heteroatoms. The van der Waals surface area contributed by atoms with E-state index in [0.29, 0.717) is 34.6 Å². The zero-order valence-electron chi connectivity index (χ0n) is 10.2. The average molecular weight is 324 g/mol. The number of aromatic nitrogens is 2. The van der Waals surface area contributed by atoms with Crippen LogP contribution < -0.4 is 0 Å². The molecule has 0 saturated carbocycles. The summed E-state index contributed by atoms with van der Waals surface area (Å²) >= 11 is 3.12. The summed E-state index contributed by atoms with van der Waals surface area (Å²) in [7, 11) is 0. The molecule has 0 N–H and O–H groups in total. The van der Waals surface area contributed by atoms with Crippen LogP contribution in [0.1, 0.15) is 31.6 Å². The van der Waals surface area contributed by atoms with E-state index < -0.39 is 0 Å². The minimum absolute atomic E-state index is 0.0322. The first kappa shape index (κ1) is 13.7. The Kier molecular flexibility index (Phi) is 4.27. The van der Waals surface area contributed by atoms with Crippen molar-refractivity contribution in [2.24, 2.45) is 0 Å². The van der Waals surface area contributed by atoms with Gasteiger partial charge in [-0.2, -0.15) is 10.2 Å². The van der Waals surface area contributed by atoms with E-state index in [1.54, 1.807) is 12.1 Å². The molecule has 19 heavy (non-hydrogen) atoms. The summed E-state index contributed by atoms with van der Waals surface area (Å²) in [6, 6.07) is 6.62. The van der Waals surface area contributed by atoms with Gasteiger partial charge < -0.3 is 4.52 Å². The van der Waals surface area contributed by atoms with Crippen molar-refractivity contribution in [1.29, 1.82) is 5.26 Å². The third kappa shape index (κ3) is 3.18. The summed E-state index contributed by atoms with van der Waals surface area (Å²) in [5.41, 5.74) is 0.677. The first-order valence-electron chi connectivity index (χ1n) is 5.77. The molecule has 0 aliphatic rings. The molecule has 2 rings (SSSR count). The maximum absolute atomic E-state index is 13.1. The van der Waals surface area contributed by atoms with Crippen LogP contribution in [0.15, 0.2) is 27.2 Å². The maximum atomic E-state index is 13.1. The molecule has 0 spiro atoms. The van der Waals surface area contributed by atoms with E-state index in [-0.39, 0.29) is 11.7 Å². The number of rotatable bonds is 4. The predicted octanol–water partition coefficient (Wildman–Crippen LogP) is 4.05. The van der Waals surface area contributed by atoms with E-state index in [4.69, 9.17) is 9.78 Å². The van der Waals surface area contributed by atoms with Gasteiger partial charge in [-0.05, 0) is 40.5 Å². The molecular formula is C13H11BrFN3O. The molecule has 98 valence electrons. The van der Waals surface area contributed by atoms with Gasteiger partial charge in [-0.3, -0.25) is 0 Å². The summed E-state index contributed by atoms with van der Waals surface area (Å²) in [5.74, 6) is 0.602. The number of hydrogen-bond acceptors (Lipinski definition) is 4. The standard InChI is InChI=1S/C13H11BrFN3O/c1-8(3-2-6-16)13-17-12(18-19-13)9-4-5-11(15)10(14)7-9/h4-5,7-8H,2-3H2,1H3. The van der Waals surface area contributed by atoms with E-state index >= 15 is 0 Å². The minimum Gasteiger partial charge on any atom is -0.339 e. The molecule has 0 fully saturated rings. The van der Waals surface area contributed by atoms with Crippen LogP contribution in [0, 0.1) is 17.1 Å². The molecule has 1 aromatic heterocycles. The fourth-order valence-electron chi connectivity index (χ4n) is 1.59. The van der Waals surface area contributed by atoms with Gasteiger partial charge in [-0.25, -0.2) is 4.39 Å². The summed E-state index contributed by atoms with van der Waals surface area (Å²) < 4.78 is 18.7. The molecule has 0 amide bonds. The summed E-state index contributed by atoms with van der Waals surface area (Å²) in [5, 5.41) is 12.4.